The minimum absolute atomic E-state index is 0. The van der Waals surface area contributed by atoms with E-state index in [-0.39, 0.29) is 61.2 Å². The first kappa shape index (κ1) is 17.5. The molecule has 5 heteroatoms. The van der Waals surface area contributed by atoms with Crippen LogP contribution < -0.4 is 5.32 Å². The van der Waals surface area contributed by atoms with E-state index in [2.05, 4.69) is 11.4 Å². The van der Waals surface area contributed by atoms with Crippen LogP contribution in [0.25, 0.3) is 0 Å². The number of hydrogen-bond acceptors (Lipinski definition) is 4. The maximum absolute atomic E-state index is 12.9. The summed E-state index contributed by atoms with van der Waals surface area (Å²) in [5, 5.41) is 13.2. The molecular weight excluding hydrogens is 391 g/mol. The van der Waals surface area contributed by atoms with Crippen LogP contribution in [0.15, 0.2) is 60.7 Å². The minimum atomic E-state index is -0.370. The molecule has 25 heavy (non-hydrogen) atoms. The summed E-state index contributed by atoms with van der Waals surface area (Å²) in [5.41, 5.74) is 2.05. The summed E-state index contributed by atoms with van der Waals surface area (Å²) >= 11 is 0. The first-order valence-electron chi connectivity index (χ1n) is 7.45. The number of para-hydroxylation sites is 1. The van der Waals surface area contributed by atoms with Gasteiger partial charge in [-0.1, -0.05) is 48.2 Å². The number of benzene rings is 3. The first-order chi connectivity index (χ1) is 11.7. The van der Waals surface area contributed by atoms with Crippen LogP contribution in [0, 0.1) is 6.07 Å². The zero-order valence-corrected chi connectivity index (χ0v) is 16.0. The van der Waals surface area contributed by atoms with Crippen molar-refractivity contribution < 1.29 is 47.4 Å². The van der Waals surface area contributed by atoms with Crippen LogP contribution in [0.5, 0.6) is 5.75 Å². The molecule has 0 spiro atoms. The Bertz CT molecular complexity index is 983. The van der Waals surface area contributed by atoms with Crippen molar-refractivity contribution in [3.8, 4) is 5.75 Å². The van der Waals surface area contributed by atoms with Crippen molar-refractivity contribution in [2.24, 2.45) is 0 Å². The summed E-state index contributed by atoms with van der Waals surface area (Å²) in [6, 6.07) is 20.1. The molecule has 0 fully saturated rings. The summed E-state index contributed by atoms with van der Waals surface area (Å²) in [5.74, 6) is -0.968. The summed E-state index contributed by atoms with van der Waals surface area (Å²) in [4.78, 5) is 25.6. The summed E-state index contributed by atoms with van der Waals surface area (Å²) in [7, 11) is 0. The molecule has 0 aromatic heterocycles. The van der Waals surface area contributed by atoms with Crippen molar-refractivity contribution in [3.05, 3.63) is 89.0 Å². The molecule has 4 nitrogen and oxygen atoms in total. The number of rotatable bonds is 2. The Morgan fingerprint density at radius 3 is 2.00 bits per heavy atom. The standard InChI is InChI=1S/C20H12NO3.Y/c22-16-11-10-15(21-12-6-2-1-3-7-12)17-18(16)20(24)14-9-5-4-8-13(14)19(17)23;/h1-10,21-22H;/q-1;. The average molecular weight is 403 g/mol. The molecule has 0 amide bonds. The Kier molecular flexibility index (Phi) is 4.84. The fraction of sp³-hybridized carbons (Fsp3) is 0. The molecule has 0 aliphatic heterocycles. The van der Waals surface area contributed by atoms with Gasteiger partial charge in [0.05, 0.1) is 0 Å². The van der Waals surface area contributed by atoms with Gasteiger partial charge < -0.3 is 15.2 Å². The second kappa shape index (κ2) is 6.91. The Hall–Kier alpha value is -2.30. The van der Waals surface area contributed by atoms with Gasteiger partial charge >= 0.3 is 0 Å². The predicted octanol–water partition coefficient (Wildman–Crippen LogP) is 3.71. The van der Waals surface area contributed by atoms with Gasteiger partial charge in [0.15, 0.2) is 5.78 Å². The van der Waals surface area contributed by atoms with Crippen LogP contribution >= 0.6 is 0 Å². The third-order valence-corrected chi connectivity index (χ3v) is 4.03. The van der Waals surface area contributed by atoms with E-state index >= 15 is 0 Å². The average Bonchev–Trinajstić information content (AvgIpc) is 2.62. The number of anilines is 2. The van der Waals surface area contributed by atoms with Crippen LogP contribution in [0.2, 0.25) is 0 Å². The summed E-state index contributed by atoms with van der Waals surface area (Å²) < 4.78 is 0. The molecule has 0 atom stereocenters. The molecule has 0 saturated carbocycles. The maximum atomic E-state index is 12.9. The van der Waals surface area contributed by atoms with Gasteiger partial charge in [-0.05, 0) is 23.3 Å². The van der Waals surface area contributed by atoms with Gasteiger partial charge in [0.1, 0.15) is 5.78 Å². The molecule has 4 rings (SSSR count). The van der Waals surface area contributed by atoms with Crippen molar-refractivity contribution in [3.63, 3.8) is 0 Å². The molecule has 2 N–H and O–H groups in total. The van der Waals surface area contributed by atoms with E-state index in [4.69, 9.17) is 0 Å². The second-order valence-corrected chi connectivity index (χ2v) is 5.50. The van der Waals surface area contributed by atoms with Gasteiger partial charge in [-0.25, -0.2) is 0 Å². The van der Waals surface area contributed by atoms with Crippen molar-refractivity contribution in [2.75, 3.05) is 5.32 Å². The third-order valence-electron chi connectivity index (χ3n) is 4.03. The molecule has 3 aromatic rings. The van der Waals surface area contributed by atoms with Crippen molar-refractivity contribution >= 4 is 22.9 Å². The van der Waals surface area contributed by atoms with Gasteiger partial charge in [0, 0.05) is 55.3 Å². The van der Waals surface area contributed by atoms with Crippen molar-refractivity contribution in [1.82, 2.24) is 0 Å². The first-order valence-corrected chi connectivity index (χ1v) is 7.45. The van der Waals surface area contributed by atoms with Crippen molar-refractivity contribution in [2.45, 2.75) is 0 Å². The third kappa shape index (κ3) is 2.92. The maximum Gasteiger partial charge on any atom is 0.172 e. The van der Waals surface area contributed by atoms with E-state index in [9.17, 15) is 14.7 Å². The largest absolute Gasteiger partial charge is 0.533 e. The smallest absolute Gasteiger partial charge is 0.172 e. The van der Waals surface area contributed by atoms with Gasteiger partial charge in [-0.3, -0.25) is 4.79 Å². The topological polar surface area (TPSA) is 66.4 Å². The SMILES string of the molecule is O=C1c2ccccc2C(=O)c2c(Nc3ccccc3)c[c-]c(O)c21.[Y]. The molecule has 0 bridgehead atoms. The number of fused-ring (bicyclic) bond motifs is 2. The summed E-state index contributed by atoms with van der Waals surface area (Å²) in [6.45, 7) is 0. The number of ketones is 2. The number of carbonyl (C=O) groups is 2. The van der Waals surface area contributed by atoms with E-state index in [1.807, 2.05) is 30.3 Å². The summed E-state index contributed by atoms with van der Waals surface area (Å²) in [6.07, 6.45) is 0. The fourth-order valence-electron chi connectivity index (χ4n) is 2.92. The van der Waals surface area contributed by atoms with E-state index < -0.39 is 0 Å². The number of hydrogen-bond donors (Lipinski definition) is 2. The van der Waals surface area contributed by atoms with Gasteiger partial charge in [0.2, 0.25) is 0 Å². The zero-order valence-electron chi connectivity index (χ0n) is 13.1. The monoisotopic (exact) mass is 403 g/mol. The molecule has 1 aliphatic rings. The van der Waals surface area contributed by atoms with Crippen LogP contribution in [-0.2, 0) is 32.7 Å². The molecular formula is C20H12NO3Y-. The number of aromatic hydroxyl groups is 1. The van der Waals surface area contributed by atoms with E-state index in [1.54, 1.807) is 24.3 Å². The zero-order chi connectivity index (χ0) is 16.7. The fourth-order valence-corrected chi connectivity index (χ4v) is 2.92. The number of carbonyl (C=O) groups excluding carboxylic acids is 2. The number of nitrogens with one attached hydrogen (secondary N) is 1. The molecule has 0 heterocycles. The molecule has 0 saturated heterocycles. The van der Waals surface area contributed by atoms with E-state index in [0.29, 0.717) is 16.8 Å². The normalized spacial score (nSPS) is 12.0. The Balaban J connectivity index is 0.00000182. The van der Waals surface area contributed by atoms with Gasteiger partial charge in [0.25, 0.3) is 0 Å². The molecule has 1 aliphatic carbocycles. The van der Waals surface area contributed by atoms with Crippen LogP contribution in [0.1, 0.15) is 31.8 Å². The minimum Gasteiger partial charge on any atom is -0.533 e. The van der Waals surface area contributed by atoms with Crippen LogP contribution in [0.3, 0.4) is 0 Å². The number of phenolic OH excluding ortho intramolecular Hbond substituents is 1. The second-order valence-electron chi connectivity index (χ2n) is 5.50. The quantitative estimate of drug-likeness (QED) is 0.396. The van der Waals surface area contributed by atoms with Crippen molar-refractivity contribution in [1.29, 1.82) is 0 Å². The van der Waals surface area contributed by atoms with Gasteiger partial charge in [-0.2, -0.15) is 0 Å². The predicted molar refractivity (Wildman–Crippen MR) is 90.0 cm³/mol. The Morgan fingerprint density at radius 2 is 1.36 bits per heavy atom. The molecule has 1 radical (unpaired) electrons. The molecule has 3 aromatic carbocycles. The molecule has 0 unspecified atom stereocenters. The van der Waals surface area contributed by atoms with E-state index in [1.165, 1.54) is 6.07 Å². The Morgan fingerprint density at radius 1 is 0.800 bits per heavy atom. The van der Waals surface area contributed by atoms with E-state index in [0.717, 1.165) is 5.69 Å². The Labute approximate surface area is 169 Å². The number of phenols is 1. The van der Waals surface area contributed by atoms with Crippen LogP contribution in [0.4, 0.5) is 11.4 Å². The molecule has 119 valence electrons. The van der Waals surface area contributed by atoms with Gasteiger partial charge in [-0.15, -0.1) is 12.1 Å². The van der Waals surface area contributed by atoms with Crippen LogP contribution in [-0.4, -0.2) is 16.7 Å².